The van der Waals surface area contributed by atoms with Crippen LogP contribution in [0.1, 0.15) is 52.9 Å². The summed E-state index contributed by atoms with van der Waals surface area (Å²) in [4.78, 5) is 4.51. The van der Waals surface area contributed by atoms with Gasteiger partial charge in [0.15, 0.2) is 0 Å². The molecule has 0 saturated carbocycles. The number of hydrogen-bond donors (Lipinski definition) is 2. The van der Waals surface area contributed by atoms with Gasteiger partial charge in [0, 0.05) is 37.5 Å². The van der Waals surface area contributed by atoms with E-state index < -0.39 is 6.10 Å². The maximum Gasteiger partial charge on any atom is 0.211 e. The number of aliphatic imine (C=N–C) groups is 1. The van der Waals surface area contributed by atoms with Gasteiger partial charge in [-0.05, 0) is 62.3 Å². The van der Waals surface area contributed by atoms with Crippen LogP contribution in [0.3, 0.4) is 0 Å². The van der Waals surface area contributed by atoms with Crippen LogP contribution in [0.4, 0.5) is 14.7 Å². The molecule has 1 heterocycles. The van der Waals surface area contributed by atoms with Gasteiger partial charge >= 0.3 is 0 Å². The lowest BCUT2D eigenvalue weighted by Gasteiger charge is -2.27. The number of methoxy groups -OCH3 is 1. The Morgan fingerprint density at radius 3 is 2.78 bits per heavy atom. The molecule has 0 radical (unpaired) electrons. The van der Waals surface area contributed by atoms with Crippen LogP contribution in [0.5, 0.6) is 0 Å². The first-order valence-corrected chi connectivity index (χ1v) is 13.4. The number of nitrogens with one attached hydrogen (secondary N) is 2. The molecular weight excluding hydrogens is 473 g/mol. The first-order valence-electron chi connectivity index (χ1n) is 12.6. The standard InChI is InChI=1S/C28H38FN5OS/c1-7-9-13-25(30-5)23-15-14-22(16-18(23)3)32-28-34-33-27(36-28)31-19(4)26(35-6)21-11-10-12-24(29)20(8-2)17-21/h9-10,12-13,16-17,22-23,26H,4,7-8,11,14-15H2,1-3,5-6H3,(H,31,33)(H,32,34)/b13-9-,30-25+/t22-,23+,26+/m0/s1. The molecule has 0 amide bonds. The summed E-state index contributed by atoms with van der Waals surface area (Å²) in [5.41, 5.74) is 4.70. The van der Waals surface area contributed by atoms with Gasteiger partial charge < -0.3 is 15.4 Å². The molecule has 1 aromatic rings. The Hall–Kier alpha value is -2.84. The van der Waals surface area contributed by atoms with E-state index in [4.69, 9.17) is 4.74 Å². The molecule has 8 heteroatoms. The van der Waals surface area contributed by atoms with Crippen molar-refractivity contribution in [2.45, 2.75) is 65.0 Å². The summed E-state index contributed by atoms with van der Waals surface area (Å²) in [5, 5.41) is 16.7. The van der Waals surface area contributed by atoms with E-state index in [-0.39, 0.29) is 11.9 Å². The Bertz CT molecular complexity index is 1110. The summed E-state index contributed by atoms with van der Waals surface area (Å²) in [6.07, 6.45) is 15.6. The zero-order valence-electron chi connectivity index (χ0n) is 22.0. The second-order valence-electron chi connectivity index (χ2n) is 8.98. The Balaban J connectivity index is 1.64. The summed E-state index contributed by atoms with van der Waals surface area (Å²) in [5.74, 6) is 0.163. The molecule has 6 nitrogen and oxygen atoms in total. The molecule has 3 rings (SSSR count). The average molecular weight is 512 g/mol. The van der Waals surface area contributed by atoms with Crippen molar-refractivity contribution in [1.29, 1.82) is 0 Å². The Morgan fingerprint density at radius 1 is 1.33 bits per heavy atom. The van der Waals surface area contributed by atoms with Gasteiger partial charge in [-0.3, -0.25) is 4.99 Å². The number of ether oxygens (including phenoxy) is 1. The molecule has 0 saturated heterocycles. The largest absolute Gasteiger partial charge is 0.371 e. The SMILES string of the molecule is C=C(Nc1nnc(N[C@@H]2C=C(C)[C@H](C(/C=C\CC)=N/C)CC2)s1)[C@@H](OC)C1=CC(CC)=C(F)C=CC1. The first kappa shape index (κ1) is 27.7. The summed E-state index contributed by atoms with van der Waals surface area (Å²) < 4.78 is 19.9. The van der Waals surface area contributed by atoms with E-state index in [9.17, 15) is 4.39 Å². The number of rotatable bonds is 11. The second-order valence-corrected chi connectivity index (χ2v) is 9.96. The third-order valence-corrected chi connectivity index (χ3v) is 7.24. The van der Waals surface area contributed by atoms with Gasteiger partial charge in [-0.25, -0.2) is 4.39 Å². The van der Waals surface area contributed by atoms with Crippen molar-refractivity contribution in [1.82, 2.24) is 10.2 Å². The molecular formula is C28H38FN5OS. The van der Waals surface area contributed by atoms with Crippen LogP contribution in [0, 0.1) is 5.92 Å². The molecule has 0 unspecified atom stereocenters. The van der Waals surface area contributed by atoms with Gasteiger partial charge in [-0.1, -0.05) is 61.6 Å². The lowest BCUT2D eigenvalue weighted by molar-refractivity contribution is 0.159. The Kier molecular flexibility index (Phi) is 10.4. The van der Waals surface area contributed by atoms with E-state index in [1.54, 1.807) is 7.11 Å². The fourth-order valence-electron chi connectivity index (χ4n) is 4.59. The fraction of sp³-hybridized carbons (Fsp3) is 0.464. The second kappa shape index (κ2) is 13.5. The van der Waals surface area contributed by atoms with Gasteiger partial charge in [0.25, 0.3) is 0 Å². The summed E-state index contributed by atoms with van der Waals surface area (Å²) in [7, 11) is 3.49. The number of aromatic nitrogens is 2. The van der Waals surface area contributed by atoms with E-state index in [1.165, 1.54) is 23.0 Å². The van der Waals surface area contributed by atoms with E-state index in [2.05, 4.69) is 64.5 Å². The highest BCUT2D eigenvalue weighted by atomic mass is 32.1. The minimum atomic E-state index is -0.403. The molecule has 2 aliphatic carbocycles. The van der Waals surface area contributed by atoms with Crippen molar-refractivity contribution < 1.29 is 9.13 Å². The molecule has 2 aliphatic rings. The number of hydrogen-bond acceptors (Lipinski definition) is 7. The first-order chi connectivity index (χ1) is 17.4. The highest BCUT2D eigenvalue weighted by Crippen LogP contribution is 2.31. The van der Waals surface area contributed by atoms with Crippen molar-refractivity contribution in [3.8, 4) is 0 Å². The zero-order chi connectivity index (χ0) is 26.1. The molecule has 3 atom stereocenters. The topological polar surface area (TPSA) is 71.4 Å². The highest BCUT2D eigenvalue weighted by molar-refractivity contribution is 7.19. The van der Waals surface area contributed by atoms with Crippen LogP contribution in [-0.2, 0) is 4.74 Å². The lowest BCUT2D eigenvalue weighted by Crippen LogP contribution is -2.27. The van der Waals surface area contributed by atoms with Crippen LogP contribution in [0.2, 0.25) is 0 Å². The van der Waals surface area contributed by atoms with Gasteiger partial charge in [0.2, 0.25) is 10.3 Å². The number of halogens is 1. The molecule has 36 heavy (non-hydrogen) atoms. The highest BCUT2D eigenvalue weighted by Gasteiger charge is 2.24. The predicted molar refractivity (Wildman–Crippen MR) is 150 cm³/mol. The Morgan fingerprint density at radius 2 is 2.11 bits per heavy atom. The van der Waals surface area contributed by atoms with E-state index in [1.807, 2.05) is 26.1 Å². The van der Waals surface area contributed by atoms with Gasteiger partial charge in [0.05, 0.1) is 0 Å². The fourth-order valence-corrected chi connectivity index (χ4v) is 5.33. The monoisotopic (exact) mass is 511 g/mol. The van der Waals surface area contributed by atoms with E-state index >= 15 is 0 Å². The predicted octanol–water partition coefficient (Wildman–Crippen LogP) is 7.17. The normalized spacial score (nSPS) is 21.8. The molecule has 0 fully saturated rings. The number of anilines is 2. The van der Waals surface area contributed by atoms with Crippen molar-refractivity contribution >= 4 is 27.3 Å². The molecule has 0 aromatic carbocycles. The van der Waals surface area contributed by atoms with Crippen LogP contribution >= 0.6 is 11.3 Å². The van der Waals surface area contributed by atoms with Crippen LogP contribution in [0.15, 0.2) is 76.3 Å². The lowest BCUT2D eigenvalue weighted by atomic mass is 9.83. The molecule has 0 aliphatic heterocycles. The molecule has 0 spiro atoms. The van der Waals surface area contributed by atoms with Gasteiger partial charge in [-0.15, -0.1) is 10.2 Å². The van der Waals surface area contributed by atoms with Crippen molar-refractivity contribution in [2.24, 2.45) is 10.9 Å². The minimum Gasteiger partial charge on any atom is -0.371 e. The summed E-state index contributed by atoms with van der Waals surface area (Å²) >= 11 is 1.44. The minimum absolute atomic E-state index is 0.197. The van der Waals surface area contributed by atoms with Crippen LogP contribution < -0.4 is 10.6 Å². The van der Waals surface area contributed by atoms with Gasteiger partial charge in [0.1, 0.15) is 11.9 Å². The molecule has 194 valence electrons. The third-order valence-electron chi connectivity index (χ3n) is 6.47. The van der Waals surface area contributed by atoms with Gasteiger partial charge in [-0.2, -0.15) is 0 Å². The van der Waals surface area contributed by atoms with Crippen LogP contribution in [0.25, 0.3) is 0 Å². The van der Waals surface area contributed by atoms with E-state index in [0.29, 0.717) is 35.2 Å². The van der Waals surface area contributed by atoms with Crippen molar-refractivity contribution in [3.05, 3.63) is 71.3 Å². The number of allylic oxidation sites excluding steroid dienone is 8. The maximum atomic E-state index is 14.2. The van der Waals surface area contributed by atoms with Crippen molar-refractivity contribution in [2.75, 3.05) is 24.8 Å². The molecule has 2 N–H and O–H groups in total. The van der Waals surface area contributed by atoms with Crippen molar-refractivity contribution in [3.63, 3.8) is 0 Å². The van der Waals surface area contributed by atoms with Crippen LogP contribution in [-0.4, -0.2) is 42.2 Å². The average Bonchev–Trinajstić information content (AvgIpc) is 3.20. The molecule has 0 bridgehead atoms. The molecule has 1 aromatic heterocycles. The third kappa shape index (κ3) is 7.11. The maximum absolute atomic E-state index is 14.2. The summed E-state index contributed by atoms with van der Waals surface area (Å²) in [6, 6.07) is 0.197. The van der Waals surface area contributed by atoms with E-state index in [0.717, 1.165) is 35.7 Å². The smallest absolute Gasteiger partial charge is 0.211 e. The summed E-state index contributed by atoms with van der Waals surface area (Å²) in [6.45, 7) is 10.4. The quantitative estimate of drug-likeness (QED) is 0.243. The number of nitrogens with zero attached hydrogens (tertiary/aromatic N) is 3. The zero-order valence-corrected chi connectivity index (χ0v) is 22.8. The Labute approximate surface area is 218 Å².